The van der Waals surface area contributed by atoms with E-state index in [0.717, 1.165) is 17.1 Å². The van der Waals surface area contributed by atoms with Crippen LogP contribution in [0.1, 0.15) is 45.9 Å². The molecule has 2 aliphatic rings. The summed E-state index contributed by atoms with van der Waals surface area (Å²) >= 11 is 1.88. The molecular formula is C63H43NS. The first-order valence-corrected chi connectivity index (χ1v) is 23.4. The molecule has 0 amide bonds. The van der Waals surface area contributed by atoms with Crippen molar-refractivity contribution in [2.24, 2.45) is 0 Å². The maximum atomic E-state index is 2.49. The molecule has 65 heavy (non-hydrogen) atoms. The van der Waals surface area contributed by atoms with Gasteiger partial charge >= 0.3 is 0 Å². The predicted molar refractivity (Wildman–Crippen MR) is 274 cm³/mol. The van der Waals surface area contributed by atoms with Crippen LogP contribution < -0.4 is 4.90 Å². The van der Waals surface area contributed by atoms with Crippen molar-refractivity contribution in [1.82, 2.24) is 0 Å². The van der Waals surface area contributed by atoms with Crippen LogP contribution in [0.4, 0.5) is 17.1 Å². The molecule has 1 aromatic heterocycles. The molecule has 0 saturated heterocycles. The molecule has 0 spiro atoms. The van der Waals surface area contributed by atoms with Crippen molar-refractivity contribution < 1.29 is 0 Å². The minimum atomic E-state index is -0.519. The van der Waals surface area contributed by atoms with Crippen molar-refractivity contribution >= 4 is 48.6 Å². The fourth-order valence-corrected chi connectivity index (χ4v) is 12.7. The van der Waals surface area contributed by atoms with Gasteiger partial charge in [-0.2, -0.15) is 0 Å². The number of fused-ring (bicyclic) bond motifs is 9. The molecule has 0 saturated carbocycles. The fourth-order valence-electron chi connectivity index (χ4n) is 11.5. The van der Waals surface area contributed by atoms with Gasteiger partial charge in [-0.15, -0.1) is 11.3 Å². The van der Waals surface area contributed by atoms with E-state index in [1.165, 1.54) is 92.5 Å². The van der Waals surface area contributed by atoms with Gasteiger partial charge in [-0.3, -0.25) is 0 Å². The zero-order chi connectivity index (χ0) is 43.1. The highest BCUT2D eigenvalue weighted by atomic mass is 32.1. The van der Waals surface area contributed by atoms with Crippen molar-refractivity contribution in [3.05, 3.63) is 282 Å². The summed E-state index contributed by atoms with van der Waals surface area (Å²) in [5.74, 6) is 0. The van der Waals surface area contributed by atoms with Crippen LogP contribution in [-0.4, -0.2) is 0 Å². The Morgan fingerprint density at radius 3 is 1.49 bits per heavy atom. The summed E-state index contributed by atoms with van der Waals surface area (Å²) in [4.78, 5) is 2.49. The first-order valence-electron chi connectivity index (χ1n) is 22.6. The lowest BCUT2D eigenvalue weighted by Crippen LogP contribution is -2.28. The lowest BCUT2D eigenvalue weighted by atomic mass is 9.67. The average molecular weight is 846 g/mol. The second-order valence-electron chi connectivity index (χ2n) is 17.7. The number of rotatable bonds is 7. The van der Waals surface area contributed by atoms with Gasteiger partial charge in [0.1, 0.15) is 0 Å². The monoisotopic (exact) mass is 845 g/mol. The maximum Gasteiger partial charge on any atom is 0.0714 e. The lowest BCUT2D eigenvalue weighted by Gasteiger charge is -2.35. The molecule has 2 heteroatoms. The van der Waals surface area contributed by atoms with Crippen LogP contribution in [0.3, 0.4) is 0 Å². The SMILES string of the molecule is CC1(c2ccccc2)c2ccccc2-c2ccc(N(c3ccc(-c4cccc5c4sc4ccccc45)cc3)c3ccc4c(c3)C(c3ccccc3)(c3ccccc3)c3ccccc3-4)cc21. The molecule has 13 rings (SSSR count). The molecular weight excluding hydrogens is 803 g/mol. The summed E-state index contributed by atoms with van der Waals surface area (Å²) in [6.45, 7) is 2.41. The number of benzene rings is 10. The van der Waals surface area contributed by atoms with Crippen molar-refractivity contribution in [1.29, 1.82) is 0 Å². The zero-order valence-corrected chi connectivity index (χ0v) is 36.8. The number of thiophene rings is 1. The Morgan fingerprint density at radius 2 is 0.815 bits per heavy atom. The quantitative estimate of drug-likeness (QED) is 0.154. The van der Waals surface area contributed by atoms with Gasteiger partial charge in [-0.1, -0.05) is 200 Å². The van der Waals surface area contributed by atoms with Gasteiger partial charge in [-0.05, 0) is 122 Å². The molecule has 1 unspecified atom stereocenters. The summed E-state index contributed by atoms with van der Waals surface area (Å²) in [6.07, 6.45) is 0. The molecule has 1 atom stereocenters. The normalized spacial score (nSPS) is 15.3. The highest BCUT2D eigenvalue weighted by Crippen LogP contribution is 2.58. The minimum Gasteiger partial charge on any atom is -0.310 e. The molecule has 0 bridgehead atoms. The molecule has 0 N–H and O–H groups in total. The highest BCUT2D eigenvalue weighted by molar-refractivity contribution is 7.26. The van der Waals surface area contributed by atoms with Gasteiger partial charge in [-0.25, -0.2) is 0 Å². The van der Waals surface area contributed by atoms with Crippen LogP contribution in [-0.2, 0) is 10.8 Å². The van der Waals surface area contributed by atoms with E-state index in [4.69, 9.17) is 0 Å². The number of nitrogens with zero attached hydrogens (tertiary/aromatic N) is 1. The summed E-state index contributed by atoms with van der Waals surface area (Å²) in [5, 5.41) is 2.63. The smallest absolute Gasteiger partial charge is 0.0714 e. The molecule has 0 radical (unpaired) electrons. The van der Waals surface area contributed by atoms with Crippen LogP contribution in [0.15, 0.2) is 243 Å². The largest absolute Gasteiger partial charge is 0.310 e. The third kappa shape index (κ3) is 5.51. The third-order valence-electron chi connectivity index (χ3n) is 14.4. The van der Waals surface area contributed by atoms with Crippen molar-refractivity contribution in [2.45, 2.75) is 17.8 Å². The van der Waals surface area contributed by atoms with Gasteiger partial charge in [0.15, 0.2) is 0 Å². The number of hydrogen-bond donors (Lipinski definition) is 0. The van der Waals surface area contributed by atoms with Gasteiger partial charge in [0.25, 0.3) is 0 Å². The Bertz CT molecular complexity index is 3570. The van der Waals surface area contributed by atoms with Crippen LogP contribution >= 0.6 is 11.3 Å². The number of hydrogen-bond acceptors (Lipinski definition) is 2. The predicted octanol–water partition coefficient (Wildman–Crippen LogP) is 16.9. The number of anilines is 3. The summed E-state index contributed by atoms with van der Waals surface area (Å²) in [5.41, 5.74) is 19.2. The van der Waals surface area contributed by atoms with Gasteiger partial charge in [0, 0.05) is 42.6 Å². The highest BCUT2D eigenvalue weighted by Gasteiger charge is 2.46. The van der Waals surface area contributed by atoms with Crippen molar-refractivity contribution in [2.75, 3.05) is 4.90 Å². The molecule has 11 aromatic rings. The lowest BCUT2D eigenvalue weighted by molar-refractivity contribution is 0.714. The van der Waals surface area contributed by atoms with Crippen molar-refractivity contribution in [3.8, 4) is 33.4 Å². The second kappa shape index (κ2) is 14.6. The Kier molecular flexibility index (Phi) is 8.50. The molecule has 1 heterocycles. The summed E-state index contributed by atoms with van der Waals surface area (Å²) in [6, 6.07) is 90.4. The second-order valence-corrected chi connectivity index (χ2v) is 18.7. The molecule has 1 nitrogen and oxygen atoms in total. The van der Waals surface area contributed by atoms with E-state index in [2.05, 4.69) is 254 Å². The molecule has 10 aromatic carbocycles. The Labute approximate surface area is 384 Å². The molecule has 0 fully saturated rings. The van der Waals surface area contributed by atoms with Crippen LogP contribution in [0, 0.1) is 0 Å². The van der Waals surface area contributed by atoms with E-state index in [9.17, 15) is 0 Å². The van der Waals surface area contributed by atoms with E-state index < -0.39 is 5.41 Å². The molecule has 2 aliphatic carbocycles. The van der Waals surface area contributed by atoms with E-state index >= 15 is 0 Å². The van der Waals surface area contributed by atoms with Crippen LogP contribution in [0.25, 0.3) is 53.6 Å². The Hall–Kier alpha value is -7.78. The van der Waals surface area contributed by atoms with Gasteiger partial charge in [0.05, 0.1) is 5.41 Å². The van der Waals surface area contributed by atoms with Gasteiger partial charge < -0.3 is 4.90 Å². The standard InChI is InChI=1S/C63H43NS/c1-62(43-18-5-2-6-19-43)56-29-14-11-24-50(56)52-38-36-47(40-58(52)62)64(46-34-32-42(33-35-46)49-27-17-28-55-54-26-13-16-31-60(54)65-61(49)55)48-37-39-53-51-25-12-15-30-57(51)63(59(53)41-48,44-20-7-3-8-21-44)45-22-9-4-10-23-45/h2-41H,1H3. The van der Waals surface area contributed by atoms with Crippen molar-refractivity contribution in [3.63, 3.8) is 0 Å². The summed E-state index contributed by atoms with van der Waals surface area (Å²) in [7, 11) is 0. The summed E-state index contributed by atoms with van der Waals surface area (Å²) < 4.78 is 2.65. The first-order chi connectivity index (χ1) is 32.1. The first kappa shape index (κ1) is 37.7. The molecule has 0 aliphatic heterocycles. The third-order valence-corrected chi connectivity index (χ3v) is 15.7. The Balaban J connectivity index is 1.04. The van der Waals surface area contributed by atoms with E-state index in [-0.39, 0.29) is 5.41 Å². The topological polar surface area (TPSA) is 3.24 Å². The maximum absolute atomic E-state index is 2.49. The zero-order valence-electron chi connectivity index (χ0n) is 35.9. The Morgan fingerprint density at radius 1 is 0.338 bits per heavy atom. The van der Waals surface area contributed by atoms with Gasteiger partial charge in [0.2, 0.25) is 0 Å². The minimum absolute atomic E-state index is 0.336. The van der Waals surface area contributed by atoms with E-state index in [1.54, 1.807) is 0 Å². The van der Waals surface area contributed by atoms with Crippen LogP contribution in [0.2, 0.25) is 0 Å². The van der Waals surface area contributed by atoms with E-state index in [0.29, 0.717) is 0 Å². The van der Waals surface area contributed by atoms with Crippen LogP contribution in [0.5, 0.6) is 0 Å². The average Bonchev–Trinajstić information content (AvgIpc) is 4.00. The molecule has 306 valence electrons. The van der Waals surface area contributed by atoms with E-state index in [1.807, 2.05) is 11.3 Å². The fraction of sp³-hybridized carbons (Fsp3) is 0.0476.